The zero-order valence-corrected chi connectivity index (χ0v) is 16.8. The number of fused-ring (bicyclic) bond motifs is 2. The van der Waals surface area contributed by atoms with E-state index < -0.39 is 0 Å². The van der Waals surface area contributed by atoms with E-state index in [4.69, 9.17) is 9.97 Å². The average molecular weight is 378 g/mol. The van der Waals surface area contributed by atoms with Crippen molar-refractivity contribution in [3.63, 3.8) is 0 Å². The Hall–Kier alpha value is -3.53. The Balaban J connectivity index is 1.70. The molecule has 2 aromatic carbocycles. The van der Waals surface area contributed by atoms with E-state index in [1.54, 1.807) is 6.20 Å². The van der Waals surface area contributed by atoms with E-state index in [0.717, 1.165) is 44.8 Å². The number of nitrogens with zero attached hydrogens (tertiary/aromatic N) is 4. The average Bonchev–Trinajstić information content (AvgIpc) is 3.14. The van der Waals surface area contributed by atoms with Crippen molar-refractivity contribution in [2.45, 2.75) is 26.2 Å². The molecule has 0 unspecified atom stereocenters. The fourth-order valence-corrected chi connectivity index (χ4v) is 3.72. The molecule has 142 valence electrons. The summed E-state index contributed by atoms with van der Waals surface area (Å²) in [7, 11) is 0. The molecule has 0 fully saturated rings. The highest BCUT2D eigenvalue weighted by Gasteiger charge is 2.23. The molecule has 0 bridgehead atoms. The molecule has 0 aliphatic heterocycles. The van der Waals surface area contributed by atoms with Gasteiger partial charge in [0.1, 0.15) is 5.82 Å². The zero-order valence-electron chi connectivity index (χ0n) is 16.8. The Bertz CT molecular complexity index is 1330. The normalized spacial score (nSPS) is 12.0. The molecule has 0 spiro atoms. The van der Waals surface area contributed by atoms with E-state index in [-0.39, 0.29) is 5.41 Å². The molecular weight excluding hydrogens is 356 g/mol. The van der Waals surface area contributed by atoms with Gasteiger partial charge in [-0.05, 0) is 12.1 Å². The lowest BCUT2D eigenvalue weighted by Gasteiger charge is -2.15. The summed E-state index contributed by atoms with van der Waals surface area (Å²) in [5.74, 6) is 0.918. The molecule has 0 aliphatic rings. The fraction of sp³-hybridized carbons (Fsp3) is 0.160. The van der Waals surface area contributed by atoms with Crippen LogP contribution in [-0.2, 0) is 5.41 Å². The van der Waals surface area contributed by atoms with Gasteiger partial charge in [-0.3, -0.25) is 9.38 Å². The first kappa shape index (κ1) is 17.6. The molecule has 0 atom stereocenters. The van der Waals surface area contributed by atoms with Crippen LogP contribution in [0.3, 0.4) is 0 Å². The van der Waals surface area contributed by atoms with Crippen LogP contribution in [0.25, 0.3) is 39.1 Å². The molecule has 0 saturated carbocycles. The van der Waals surface area contributed by atoms with Crippen LogP contribution < -0.4 is 0 Å². The highest BCUT2D eigenvalue weighted by atomic mass is 15.0. The minimum absolute atomic E-state index is 0.0674. The van der Waals surface area contributed by atoms with Crippen molar-refractivity contribution < 1.29 is 0 Å². The molecule has 0 amide bonds. The van der Waals surface area contributed by atoms with E-state index in [2.05, 4.69) is 72.6 Å². The number of imidazole rings is 1. The Morgan fingerprint density at radius 2 is 1.62 bits per heavy atom. The Morgan fingerprint density at radius 3 is 2.41 bits per heavy atom. The van der Waals surface area contributed by atoms with Crippen molar-refractivity contribution in [1.82, 2.24) is 19.4 Å². The summed E-state index contributed by atoms with van der Waals surface area (Å²) in [6, 6.07) is 20.8. The first-order chi connectivity index (χ1) is 14.0. The van der Waals surface area contributed by atoms with Crippen molar-refractivity contribution >= 4 is 16.4 Å². The summed E-state index contributed by atoms with van der Waals surface area (Å²) in [6.45, 7) is 6.54. The lowest BCUT2D eigenvalue weighted by Crippen LogP contribution is -2.12. The number of benzene rings is 2. The summed E-state index contributed by atoms with van der Waals surface area (Å²) in [5.41, 5.74) is 6.13. The predicted molar refractivity (Wildman–Crippen MR) is 118 cm³/mol. The minimum Gasteiger partial charge on any atom is -0.296 e. The van der Waals surface area contributed by atoms with E-state index >= 15 is 0 Å². The number of hydrogen-bond acceptors (Lipinski definition) is 3. The van der Waals surface area contributed by atoms with Gasteiger partial charge in [-0.15, -0.1) is 0 Å². The van der Waals surface area contributed by atoms with Crippen LogP contribution in [0.15, 0.2) is 79.3 Å². The lowest BCUT2D eigenvalue weighted by molar-refractivity contribution is 0.578. The third kappa shape index (κ3) is 3.07. The minimum atomic E-state index is -0.0674. The second-order valence-corrected chi connectivity index (χ2v) is 8.34. The Kier molecular flexibility index (Phi) is 3.95. The monoisotopic (exact) mass is 378 g/mol. The van der Waals surface area contributed by atoms with Crippen LogP contribution in [0.1, 0.15) is 26.5 Å². The second kappa shape index (κ2) is 6.52. The van der Waals surface area contributed by atoms with E-state index in [9.17, 15) is 0 Å². The van der Waals surface area contributed by atoms with Gasteiger partial charge in [0.25, 0.3) is 0 Å². The van der Waals surface area contributed by atoms with Crippen LogP contribution in [0.5, 0.6) is 0 Å². The standard InChI is InChI=1S/C25H22N4/c1-25(2,3)23-22-16-26-13-14-29(22)24(28-23)19-10-9-18-11-12-20(27-21(18)15-19)17-7-5-4-6-8-17/h4-16H,1-3H3. The van der Waals surface area contributed by atoms with Gasteiger partial charge in [0, 0.05) is 34.3 Å². The number of rotatable bonds is 2. The van der Waals surface area contributed by atoms with Crippen LogP contribution in [0.4, 0.5) is 0 Å². The maximum atomic E-state index is 5.01. The Labute approximate surface area is 169 Å². The quantitative estimate of drug-likeness (QED) is 0.383. The zero-order chi connectivity index (χ0) is 20.0. The molecule has 0 aliphatic carbocycles. The van der Waals surface area contributed by atoms with Gasteiger partial charge in [-0.2, -0.15) is 0 Å². The molecule has 0 N–H and O–H groups in total. The molecule has 4 nitrogen and oxygen atoms in total. The van der Waals surface area contributed by atoms with Gasteiger partial charge in [-0.25, -0.2) is 9.97 Å². The fourth-order valence-electron chi connectivity index (χ4n) is 3.72. The first-order valence-electron chi connectivity index (χ1n) is 9.80. The van der Waals surface area contributed by atoms with Crippen LogP contribution >= 0.6 is 0 Å². The van der Waals surface area contributed by atoms with Crippen molar-refractivity contribution in [2.75, 3.05) is 0 Å². The summed E-state index contributed by atoms with van der Waals surface area (Å²) < 4.78 is 2.12. The van der Waals surface area contributed by atoms with Gasteiger partial charge in [-0.1, -0.05) is 69.3 Å². The molecule has 3 aromatic heterocycles. The highest BCUT2D eigenvalue weighted by molar-refractivity contribution is 5.85. The predicted octanol–water partition coefficient (Wildman–Crippen LogP) is 5.91. The SMILES string of the molecule is CC(C)(C)c1nc(-c2ccc3ccc(-c4ccccc4)nc3c2)n2ccncc12. The largest absolute Gasteiger partial charge is 0.296 e. The van der Waals surface area contributed by atoms with E-state index in [1.165, 1.54) is 0 Å². The molecular formula is C25H22N4. The topological polar surface area (TPSA) is 43.1 Å². The van der Waals surface area contributed by atoms with Crippen LogP contribution in [-0.4, -0.2) is 19.4 Å². The smallest absolute Gasteiger partial charge is 0.145 e. The molecule has 5 aromatic rings. The molecule has 0 radical (unpaired) electrons. The lowest BCUT2D eigenvalue weighted by atomic mass is 9.92. The van der Waals surface area contributed by atoms with Crippen molar-refractivity contribution in [2.24, 2.45) is 0 Å². The molecule has 5 rings (SSSR count). The molecule has 29 heavy (non-hydrogen) atoms. The summed E-state index contributed by atoms with van der Waals surface area (Å²) in [6.07, 6.45) is 5.67. The number of aromatic nitrogens is 4. The van der Waals surface area contributed by atoms with Gasteiger partial charge in [0.2, 0.25) is 0 Å². The first-order valence-corrected chi connectivity index (χ1v) is 9.80. The van der Waals surface area contributed by atoms with Gasteiger partial charge < -0.3 is 0 Å². The van der Waals surface area contributed by atoms with Gasteiger partial charge in [0.15, 0.2) is 0 Å². The number of pyridine rings is 1. The van der Waals surface area contributed by atoms with Crippen LogP contribution in [0, 0.1) is 0 Å². The molecule has 4 heteroatoms. The van der Waals surface area contributed by atoms with Crippen molar-refractivity contribution in [1.29, 1.82) is 0 Å². The summed E-state index contributed by atoms with van der Waals surface area (Å²) in [4.78, 5) is 14.2. The number of hydrogen-bond donors (Lipinski definition) is 0. The second-order valence-electron chi connectivity index (χ2n) is 8.34. The third-order valence-corrected chi connectivity index (χ3v) is 5.18. The maximum absolute atomic E-state index is 5.01. The van der Waals surface area contributed by atoms with Gasteiger partial charge >= 0.3 is 0 Å². The maximum Gasteiger partial charge on any atom is 0.145 e. The third-order valence-electron chi connectivity index (χ3n) is 5.18. The van der Waals surface area contributed by atoms with Crippen molar-refractivity contribution in [3.8, 4) is 22.6 Å². The summed E-state index contributed by atoms with van der Waals surface area (Å²) >= 11 is 0. The van der Waals surface area contributed by atoms with E-state index in [0.29, 0.717) is 0 Å². The van der Waals surface area contributed by atoms with Crippen molar-refractivity contribution in [3.05, 3.63) is 84.9 Å². The Morgan fingerprint density at radius 1 is 0.828 bits per heavy atom. The highest BCUT2D eigenvalue weighted by Crippen LogP contribution is 2.31. The van der Waals surface area contributed by atoms with Gasteiger partial charge in [0.05, 0.1) is 28.6 Å². The molecule has 3 heterocycles. The molecule has 0 saturated heterocycles. The van der Waals surface area contributed by atoms with E-state index in [1.807, 2.05) is 30.6 Å². The summed E-state index contributed by atoms with van der Waals surface area (Å²) in [5, 5.41) is 1.12. The van der Waals surface area contributed by atoms with Crippen LogP contribution in [0.2, 0.25) is 0 Å².